The van der Waals surface area contributed by atoms with Gasteiger partial charge in [0.05, 0.1) is 7.11 Å². The summed E-state index contributed by atoms with van der Waals surface area (Å²) in [7, 11) is 3.28. The monoisotopic (exact) mass is 215 g/mol. The smallest absolute Gasteiger partial charge is 0.350 e. The maximum Gasteiger partial charge on any atom is 0.350 e. The van der Waals surface area contributed by atoms with Crippen LogP contribution in [0.15, 0.2) is 0 Å². The molecule has 0 aromatic heterocycles. The van der Waals surface area contributed by atoms with Gasteiger partial charge in [0, 0.05) is 32.9 Å². The van der Waals surface area contributed by atoms with Gasteiger partial charge in [0.2, 0.25) is 5.60 Å². The molecule has 0 bridgehead atoms. The molecule has 5 heteroatoms. The summed E-state index contributed by atoms with van der Waals surface area (Å²) in [5, 5.41) is 0. The molecule has 0 aliphatic carbocycles. The summed E-state index contributed by atoms with van der Waals surface area (Å²) in [6, 6.07) is 0. The SMILES string of the molecule is COC(=O)C1(OC(C)=O)CCN(C)CC1. The van der Waals surface area contributed by atoms with E-state index in [-0.39, 0.29) is 0 Å². The zero-order chi connectivity index (χ0) is 11.5. The molecule has 0 radical (unpaired) electrons. The lowest BCUT2D eigenvalue weighted by molar-refractivity contribution is -0.184. The number of nitrogens with zero attached hydrogens (tertiary/aromatic N) is 1. The molecule has 0 aromatic rings. The predicted molar refractivity (Wildman–Crippen MR) is 53.2 cm³/mol. The van der Waals surface area contributed by atoms with Crippen molar-refractivity contribution in [2.24, 2.45) is 0 Å². The van der Waals surface area contributed by atoms with Crippen LogP contribution in [0.5, 0.6) is 0 Å². The molecule has 5 nitrogen and oxygen atoms in total. The van der Waals surface area contributed by atoms with E-state index >= 15 is 0 Å². The van der Waals surface area contributed by atoms with Crippen LogP contribution in [-0.2, 0) is 19.1 Å². The molecule has 1 heterocycles. The number of likely N-dealkylation sites (tertiary alicyclic amines) is 1. The van der Waals surface area contributed by atoms with Gasteiger partial charge in [-0.2, -0.15) is 0 Å². The first kappa shape index (κ1) is 12.0. The molecule has 0 unspecified atom stereocenters. The van der Waals surface area contributed by atoms with Gasteiger partial charge in [0.15, 0.2) is 0 Å². The molecule has 86 valence electrons. The third kappa shape index (κ3) is 2.68. The van der Waals surface area contributed by atoms with Gasteiger partial charge in [0.1, 0.15) is 0 Å². The van der Waals surface area contributed by atoms with Crippen molar-refractivity contribution < 1.29 is 19.1 Å². The first-order valence-electron chi connectivity index (χ1n) is 4.97. The Bertz CT molecular complexity index is 256. The van der Waals surface area contributed by atoms with Crippen molar-refractivity contribution in [3.05, 3.63) is 0 Å². The van der Waals surface area contributed by atoms with Crippen LogP contribution in [0.25, 0.3) is 0 Å². The van der Waals surface area contributed by atoms with E-state index in [4.69, 9.17) is 9.47 Å². The number of ether oxygens (including phenoxy) is 2. The molecule has 1 fully saturated rings. The highest BCUT2D eigenvalue weighted by Gasteiger charge is 2.45. The Kier molecular flexibility index (Phi) is 3.68. The van der Waals surface area contributed by atoms with E-state index in [1.165, 1.54) is 14.0 Å². The lowest BCUT2D eigenvalue weighted by atomic mass is 9.91. The second-order valence-corrected chi connectivity index (χ2v) is 3.88. The summed E-state index contributed by atoms with van der Waals surface area (Å²) < 4.78 is 9.83. The second kappa shape index (κ2) is 4.61. The lowest BCUT2D eigenvalue weighted by Gasteiger charge is -2.37. The number of carbonyl (C=O) groups excluding carboxylic acids is 2. The van der Waals surface area contributed by atoms with Crippen LogP contribution < -0.4 is 0 Å². The van der Waals surface area contributed by atoms with E-state index in [0.29, 0.717) is 12.8 Å². The van der Waals surface area contributed by atoms with Gasteiger partial charge < -0.3 is 14.4 Å². The van der Waals surface area contributed by atoms with Crippen molar-refractivity contribution in [1.29, 1.82) is 0 Å². The average Bonchev–Trinajstić information content (AvgIpc) is 2.20. The summed E-state index contributed by atoms with van der Waals surface area (Å²) in [5.41, 5.74) is -1.06. The summed E-state index contributed by atoms with van der Waals surface area (Å²) in [6.07, 6.45) is 0.992. The molecule has 0 atom stereocenters. The van der Waals surface area contributed by atoms with Crippen molar-refractivity contribution in [2.45, 2.75) is 25.4 Å². The molecular formula is C10H17NO4. The van der Waals surface area contributed by atoms with Crippen LogP contribution in [0.2, 0.25) is 0 Å². The minimum Gasteiger partial charge on any atom is -0.466 e. The molecule has 1 rings (SSSR count). The van der Waals surface area contributed by atoms with E-state index in [1.807, 2.05) is 7.05 Å². The first-order valence-corrected chi connectivity index (χ1v) is 4.97. The number of rotatable bonds is 2. The molecule has 1 aliphatic heterocycles. The van der Waals surface area contributed by atoms with Gasteiger partial charge in [0.25, 0.3) is 0 Å². The highest BCUT2D eigenvalue weighted by Crippen LogP contribution is 2.27. The Morgan fingerprint density at radius 3 is 2.20 bits per heavy atom. The maximum atomic E-state index is 11.6. The van der Waals surface area contributed by atoms with Crippen LogP contribution in [0.3, 0.4) is 0 Å². The molecule has 1 aliphatic rings. The Balaban J connectivity index is 2.77. The van der Waals surface area contributed by atoms with Gasteiger partial charge in [-0.3, -0.25) is 4.79 Å². The molecular weight excluding hydrogens is 198 g/mol. The highest BCUT2D eigenvalue weighted by atomic mass is 16.6. The highest BCUT2D eigenvalue weighted by molar-refractivity contribution is 5.83. The second-order valence-electron chi connectivity index (χ2n) is 3.88. The molecule has 0 spiro atoms. The fourth-order valence-electron chi connectivity index (χ4n) is 1.79. The summed E-state index contributed by atoms with van der Waals surface area (Å²) in [5.74, 6) is -0.893. The number of esters is 2. The molecule has 0 amide bonds. The molecule has 1 saturated heterocycles. The first-order chi connectivity index (χ1) is 7.00. The quantitative estimate of drug-likeness (QED) is 0.615. The van der Waals surface area contributed by atoms with Gasteiger partial charge in [-0.05, 0) is 7.05 Å². The standard InChI is InChI=1S/C10H17NO4/c1-8(12)15-10(9(13)14-3)4-6-11(2)7-5-10/h4-7H2,1-3H3. The zero-order valence-corrected chi connectivity index (χ0v) is 9.41. The maximum absolute atomic E-state index is 11.6. The fourth-order valence-corrected chi connectivity index (χ4v) is 1.79. The van der Waals surface area contributed by atoms with E-state index < -0.39 is 17.5 Å². The van der Waals surface area contributed by atoms with Crippen molar-refractivity contribution >= 4 is 11.9 Å². The van der Waals surface area contributed by atoms with Crippen molar-refractivity contribution in [2.75, 3.05) is 27.2 Å². The van der Waals surface area contributed by atoms with Crippen LogP contribution in [-0.4, -0.2) is 49.7 Å². The van der Waals surface area contributed by atoms with Crippen molar-refractivity contribution in [3.63, 3.8) is 0 Å². The van der Waals surface area contributed by atoms with Gasteiger partial charge >= 0.3 is 11.9 Å². The largest absolute Gasteiger partial charge is 0.466 e. The topological polar surface area (TPSA) is 55.8 Å². The van der Waals surface area contributed by atoms with E-state index in [2.05, 4.69) is 4.90 Å². The summed E-state index contributed by atoms with van der Waals surface area (Å²) >= 11 is 0. The summed E-state index contributed by atoms with van der Waals surface area (Å²) in [4.78, 5) is 24.7. The molecule has 0 aromatic carbocycles. The van der Waals surface area contributed by atoms with Gasteiger partial charge in [-0.15, -0.1) is 0 Å². The van der Waals surface area contributed by atoms with Gasteiger partial charge in [-0.25, -0.2) is 4.79 Å². The molecule has 0 N–H and O–H groups in total. The van der Waals surface area contributed by atoms with Crippen LogP contribution in [0.1, 0.15) is 19.8 Å². The number of piperidine rings is 1. The summed E-state index contributed by atoms with van der Waals surface area (Å²) in [6.45, 7) is 2.76. The Labute approximate surface area is 89.3 Å². The van der Waals surface area contributed by atoms with Gasteiger partial charge in [-0.1, -0.05) is 0 Å². The molecule has 15 heavy (non-hydrogen) atoms. The Morgan fingerprint density at radius 1 is 1.27 bits per heavy atom. The zero-order valence-electron chi connectivity index (χ0n) is 9.41. The average molecular weight is 215 g/mol. The van der Waals surface area contributed by atoms with Crippen LogP contribution in [0.4, 0.5) is 0 Å². The van der Waals surface area contributed by atoms with Crippen LogP contribution >= 0.6 is 0 Å². The minimum absolute atomic E-state index is 0.440. The number of methoxy groups -OCH3 is 1. The van der Waals surface area contributed by atoms with Crippen molar-refractivity contribution in [1.82, 2.24) is 4.90 Å². The fraction of sp³-hybridized carbons (Fsp3) is 0.800. The molecule has 0 saturated carbocycles. The number of hydrogen-bond donors (Lipinski definition) is 0. The predicted octanol–water partition coefficient (Wildman–Crippen LogP) is 0.187. The lowest BCUT2D eigenvalue weighted by Crippen LogP contribution is -2.51. The van der Waals surface area contributed by atoms with E-state index in [0.717, 1.165) is 13.1 Å². The number of hydrogen-bond acceptors (Lipinski definition) is 5. The normalized spacial score (nSPS) is 20.7. The van der Waals surface area contributed by atoms with Crippen molar-refractivity contribution in [3.8, 4) is 0 Å². The van der Waals surface area contributed by atoms with E-state index in [1.54, 1.807) is 0 Å². The Hall–Kier alpha value is -1.10. The minimum atomic E-state index is -1.06. The third-order valence-electron chi connectivity index (χ3n) is 2.69. The Morgan fingerprint density at radius 2 is 1.80 bits per heavy atom. The van der Waals surface area contributed by atoms with E-state index in [9.17, 15) is 9.59 Å². The number of carbonyl (C=O) groups is 2. The van der Waals surface area contributed by atoms with Crippen LogP contribution in [0, 0.1) is 0 Å². The third-order valence-corrected chi connectivity index (χ3v) is 2.69.